The van der Waals surface area contributed by atoms with E-state index in [0.29, 0.717) is 22.8 Å². The molecule has 9 heteroatoms. The van der Waals surface area contributed by atoms with Crippen molar-refractivity contribution in [3.63, 3.8) is 0 Å². The Morgan fingerprint density at radius 1 is 1.41 bits per heavy atom. The fourth-order valence-corrected chi connectivity index (χ4v) is 3.38. The number of benzene rings is 1. The van der Waals surface area contributed by atoms with Crippen molar-refractivity contribution in [3.8, 4) is 11.4 Å². The van der Waals surface area contributed by atoms with Gasteiger partial charge >= 0.3 is 0 Å². The number of carbonyl (C=O) groups excluding carboxylic acids is 2. The zero-order valence-electron chi connectivity index (χ0n) is 14.8. The highest BCUT2D eigenvalue weighted by atomic mass is 16.5. The first-order chi connectivity index (χ1) is 13.1. The molecule has 27 heavy (non-hydrogen) atoms. The number of H-pyrrole nitrogens is 1. The smallest absolute Gasteiger partial charge is 0.269 e. The molecule has 1 aliphatic heterocycles. The van der Waals surface area contributed by atoms with Crippen LogP contribution in [-0.2, 0) is 4.79 Å². The Balaban J connectivity index is 1.93. The number of carbonyl (C=O) groups is 2. The molecule has 1 aliphatic rings. The first-order valence-electron chi connectivity index (χ1n) is 8.40. The minimum absolute atomic E-state index is 0.170. The van der Waals surface area contributed by atoms with Crippen LogP contribution >= 0.6 is 0 Å². The van der Waals surface area contributed by atoms with Gasteiger partial charge in [-0.1, -0.05) is 0 Å². The van der Waals surface area contributed by atoms with Gasteiger partial charge in [0.1, 0.15) is 11.4 Å². The summed E-state index contributed by atoms with van der Waals surface area (Å²) < 4.78 is 7.10. The lowest BCUT2D eigenvalue weighted by molar-refractivity contribution is -0.116. The fraction of sp³-hybridized carbons (Fsp3) is 0.222. The maximum atomic E-state index is 12.3. The molecule has 2 amide bonds. The van der Waals surface area contributed by atoms with E-state index in [0.717, 1.165) is 11.3 Å². The van der Waals surface area contributed by atoms with Gasteiger partial charge in [0.2, 0.25) is 5.91 Å². The van der Waals surface area contributed by atoms with E-state index < -0.39 is 0 Å². The van der Waals surface area contributed by atoms with E-state index in [1.807, 2.05) is 30.5 Å². The number of nitrogens with zero attached hydrogens (tertiary/aromatic N) is 3. The summed E-state index contributed by atoms with van der Waals surface area (Å²) in [6.45, 7) is 0. The van der Waals surface area contributed by atoms with E-state index in [4.69, 9.17) is 4.74 Å². The van der Waals surface area contributed by atoms with Crippen LogP contribution in [0.15, 0.2) is 36.7 Å². The zero-order valence-corrected chi connectivity index (χ0v) is 14.8. The predicted molar refractivity (Wildman–Crippen MR) is 97.2 cm³/mol. The maximum Gasteiger partial charge on any atom is 0.269 e. The zero-order chi connectivity index (χ0) is 19.0. The molecule has 138 valence electrons. The van der Waals surface area contributed by atoms with Crippen molar-refractivity contribution in [1.29, 1.82) is 0 Å². The first-order valence-corrected chi connectivity index (χ1v) is 8.40. The third-order valence-electron chi connectivity index (χ3n) is 4.62. The van der Waals surface area contributed by atoms with E-state index in [9.17, 15) is 9.59 Å². The fourth-order valence-electron chi connectivity index (χ4n) is 3.38. The second kappa shape index (κ2) is 6.60. The Kier molecular flexibility index (Phi) is 4.11. The number of hydrogen-bond donors (Lipinski definition) is 3. The van der Waals surface area contributed by atoms with Gasteiger partial charge in [0.25, 0.3) is 5.91 Å². The molecule has 3 aromatic rings. The molecule has 0 saturated heterocycles. The molecule has 0 unspecified atom stereocenters. The number of nitrogens with one attached hydrogen (secondary N) is 3. The lowest BCUT2D eigenvalue weighted by Crippen LogP contribution is -2.27. The Labute approximate surface area is 154 Å². The number of aromatic nitrogens is 4. The Morgan fingerprint density at radius 3 is 2.96 bits per heavy atom. The minimum atomic E-state index is -0.380. The van der Waals surface area contributed by atoms with Crippen molar-refractivity contribution in [1.82, 2.24) is 25.3 Å². The van der Waals surface area contributed by atoms with Crippen LogP contribution in [-0.4, -0.2) is 45.9 Å². The Hall–Kier alpha value is -3.62. The normalized spacial score (nSPS) is 15.8. The average Bonchev–Trinajstić information content (AvgIpc) is 3.36. The van der Waals surface area contributed by atoms with Gasteiger partial charge in [0.15, 0.2) is 5.82 Å². The van der Waals surface area contributed by atoms with Crippen LogP contribution in [0.2, 0.25) is 0 Å². The van der Waals surface area contributed by atoms with Gasteiger partial charge in [-0.15, -0.1) is 0 Å². The standard InChI is InChI=1S/C18H18N6O3/c1-19-18(26)16-15-12(9-14(25)21-17(15)23-22-16)11-8-10(27-2)4-5-13(11)24-7-3-6-20-24/h3-8,12H,9H2,1-2H3,(H,19,26)(H2,21,22,23,25)/t12-/m0/s1. The van der Waals surface area contributed by atoms with Crippen LogP contribution < -0.4 is 15.4 Å². The molecule has 1 aromatic carbocycles. The highest BCUT2D eigenvalue weighted by molar-refractivity contribution is 6.00. The second-order valence-corrected chi connectivity index (χ2v) is 6.12. The molecule has 0 bridgehead atoms. The molecule has 4 rings (SSSR count). The van der Waals surface area contributed by atoms with Crippen molar-refractivity contribution in [2.45, 2.75) is 12.3 Å². The summed E-state index contributed by atoms with van der Waals surface area (Å²) in [4.78, 5) is 24.6. The van der Waals surface area contributed by atoms with Gasteiger partial charge in [0.05, 0.1) is 12.8 Å². The van der Waals surface area contributed by atoms with E-state index in [2.05, 4.69) is 25.9 Å². The number of aromatic amines is 1. The largest absolute Gasteiger partial charge is 0.497 e. The lowest BCUT2D eigenvalue weighted by Gasteiger charge is -2.25. The van der Waals surface area contributed by atoms with Crippen molar-refractivity contribution in [2.75, 3.05) is 19.5 Å². The predicted octanol–water partition coefficient (Wildman–Crippen LogP) is 1.44. The molecule has 3 N–H and O–H groups in total. The molecule has 0 aliphatic carbocycles. The quantitative estimate of drug-likeness (QED) is 0.646. The van der Waals surface area contributed by atoms with Crippen molar-refractivity contribution in [3.05, 3.63) is 53.5 Å². The summed E-state index contributed by atoms with van der Waals surface area (Å²) in [6, 6.07) is 7.40. The third kappa shape index (κ3) is 2.82. The monoisotopic (exact) mass is 366 g/mol. The van der Waals surface area contributed by atoms with Crippen LogP contribution in [0.1, 0.15) is 34.0 Å². The van der Waals surface area contributed by atoms with Crippen molar-refractivity contribution >= 4 is 17.6 Å². The number of methoxy groups -OCH3 is 1. The van der Waals surface area contributed by atoms with Gasteiger partial charge in [-0.05, 0) is 29.8 Å². The topological polar surface area (TPSA) is 114 Å². The first kappa shape index (κ1) is 16.8. The molecule has 1 atom stereocenters. The highest BCUT2D eigenvalue weighted by Crippen LogP contribution is 2.41. The van der Waals surface area contributed by atoms with E-state index in [1.165, 1.54) is 0 Å². The summed E-state index contributed by atoms with van der Waals surface area (Å²) in [6.07, 6.45) is 3.68. The van der Waals surface area contributed by atoms with Crippen LogP contribution in [0, 0.1) is 0 Å². The van der Waals surface area contributed by atoms with Crippen LogP contribution in [0.4, 0.5) is 5.82 Å². The van der Waals surface area contributed by atoms with Crippen LogP contribution in [0.3, 0.4) is 0 Å². The van der Waals surface area contributed by atoms with Gasteiger partial charge < -0.3 is 15.4 Å². The summed E-state index contributed by atoms with van der Waals surface area (Å²) >= 11 is 0. The molecule has 2 aromatic heterocycles. The van der Waals surface area contributed by atoms with E-state index in [-0.39, 0.29) is 24.2 Å². The Bertz CT molecular complexity index is 1010. The van der Waals surface area contributed by atoms with E-state index >= 15 is 0 Å². The molecular formula is C18H18N6O3. The summed E-state index contributed by atoms with van der Waals surface area (Å²) in [5.41, 5.74) is 2.60. The third-order valence-corrected chi connectivity index (χ3v) is 4.62. The number of fused-ring (bicyclic) bond motifs is 1. The molecular weight excluding hydrogens is 348 g/mol. The molecule has 3 heterocycles. The lowest BCUT2D eigenvalue weighted by atomic mass is 9.84. The molecule has 0 radical (unpaired) electrons. The molecule has 0 fully saturated rings. The van der Waals surface area contributed by atoms with Crippen molar-refractivity contribution < 1.29 is 14.3 Å². The highest BCUT2D eigenvalue weighted by Gasteiger charge is 2.35. The number of anilines is 1. The van der Waals surface area contributed by atoms with Gasteiger partial charge in [-0.3, -0.25) is 14.7 Å². The minimum Gasteiger partial charge on any atom is -0.497 e. The van der Waals surface area contributed by atoms with Crippen molar-refractivity contribution in [2.24, 2.45) is 0 Å². The molecule has 0 saturated carbocycles. The van der Waals surface area contributed by atoms with Gasteiger partial charge in [-0.25, -0.2) is 4.68 Å². The summed E-state index contributed by atoms with van der Waals surface area (Å²) in [5.74, 6) is 0.168. The van der Waals surface area contributed by atoms with Crippen LogP contribution in [0.5, 0.6) is 5.75 Å². The SMILES string of the molecule is CNC(=O)c1[nH]nc2c1[C@H](c1cc(OC)ccc1-n1cccn1)CC(=O)N2. The maximum absolute atomic E-state index is 12.3. The molecule has 9 nitrogen and oxygen atoms in total. The second-order valence-electron chi connectivity index (χ2n) is 6.12. The van der Waals surface area contributed by atoms with E-state index in [1.54, 1.807) is 25.0 Å². The average molecular weight is 366 g/mol. The number of amides is 2. The molecule has 0 spiro atoms. The number of rotatable bonds is 4. The number of ether oxygens (including phenoxy) is 1. The number of hydrogen-bond acceptors (Lipinski definition) is 5. The summed E-state index contributed by atoms with van der Waals surface area (Å²) in [5, 5.41) is 16.5. The van der Waals surface area contributed by atoms with Crippen LogP contribution in [0.25, 0.3) is 5.69 Å². The van der Waals surface area contributed by atoms with Gasteiger partial charge in [-0.2, -0.15) is 10.2 Å². The van der Waals surface area contributed by atoms with Gasteiger partial charge in [0, 0.05) is 37.3 Å². The Morgan fingerprint density at radius 2 is 2.26 bits per heavy atom. The summed E-state index contributed by atoms with van der Waals surface area (Å²) in [7, 11) is 3.13.